The van der Waals surface area contributed by atoms with Crippen LogP contribution in [0.1, 0.15) is 19.8 Å². The molecule has 38 valence electrons. The van der Waals surface area contributed by atoms with Crippen molar-refractivity contribution in [1.82, 2.24) is 0 Å². The van der Waals surface area contributed by atoms with Crippen molar-refractivity contribution in [1.29, 1.82) is 0 Å². The van der Waals surface area contributed by atoms with Crippen LogP contribution in [0.4, 0.5) is 0 Å². The van der Waals surface area contributed by atoms with E-state index in [0.717, 1.165) is 11.3 Å². The van der Waals surface area contributed by atoms with Crippen molar-refractivity contribution in [3.8, 4) is 0 Å². The van der Waals surface area contributed by atoms with E-state index in [4.69, 9.17) is 0 Å². The van der Waals surface area contributed by atoms with Gasteiger partial charge in [-0.05, 0) is 24.2 Å². The van der Waals surface area contributed by atoms with Crippen LogP contribution >= 0.6 is 0 Å². The monoisotopic (exact) mass is 94.1 g/mol. The molecule has 0 saturated heterocycles. The molecule has 0 nitrogen and oxygen atoms in total. The maximum atomic E-state index is 2.37. The van der Waals surface area contributed by atoms with Gasteiger partial charge in [-0.3, -0.25) is 0 Å². The molecule has 0 aromatic carbocycles. The standard InChI is InChI=1S/C7H10/c1-7-4-2-3-6(7)5-7/h2-3,6H,4-5H2,1H3. The number of allylic oxidation sites excluding steroid dienone is 2. The molecule has 0 N–H and O–H groups in total. The largest absolute Gasteiger partial charge is 0.0877 e. The van der Waals surface area contributed by atoms with Gasteiger partial charge >= 0.3 is 0 Å². The average molecular weight is 94.2 g/mol. The second kappa shape index (κ2) is 0.795. The molecular formula is C7H10. The zero-order valence-corrected chi connectivity index (χ0v) is 4.65. The van der Waals surface area contributed by atoms with Crippen molar-refractivity contribution in [3.63, 3.8) is 0 Å². The van der Waals surface area contributed by atoms with E-state index in [-0.39, 0.29) is 0 Å². The molecular weight excluding hydrogens is 84.1 g/mol. The Balaban J connectivity index is 2.28. The third-order valence-corrected chi connectivity index (χ3v) is 2.37. The quantitative estimate of drug-likeness (QED) is 0.402. The van der Waals surface area contributed by atoms with Gasteiger partial charge in [0, 0.05) is 0 Å². The molecule has 1 saturated carbocycles. The van der Waals surface area contributed by atoms with Gasteiger partial charge in [0.05, 0.1) is 0 Å². The van der Waals surface area contributed by atoms with E-state index in [9.17, 15) is 0 Å². The van der Waals surface area contributed by atoms with E-state index < -0.39 is 0 Å². The van der Waals surface area contributed by atoms with Crippen LogP contribution in [0.3, 0.4) is 0 Å². The number of fused-ring (bicyclic) bond motifs is 1. The van der Waals surface area contributed by atoms with Crippen LogP contribution in [-0.2, 0) is 0 Å². The lowest BCUT2D eigenvalue weighted by molar-refractivity contribution is 0.574. The molecule has 0 heterocycles. The highest BCUT2D eigenvalue weighted by molar-refractivity contribution is 5.18. The Bertz CT molecular complexity index is 124. The van der Waals surface area contributed by atoms with Gasteiger partial charge in [0.15, 0.2) is 0 Å². The van der Waals surface area contributed by atoms with Gasteiger partial charge < -0.3 is 0 Å². The minimum atomic E-state index is 0.750. The molecule has 0 radical (unpaired) electrons. The smallest absolute Gasteiger partial charge is 0.0171 e. The molecule has 0 aromatic heterocycles. The van der Waals surface area contributed by atoms with E-state index in [1.165, 1.54) is 12.8 Å². The van der Waals surface area contributed by atoms with E-state index in [0.29, 0.717) is 0 Å². The lowest BCUT2D eigenvalue weighted by atomic mass is 10.1. The second-order valence-corrected chi connectivity index (χ2v) is 3.10. The van der Waals surface area contributed by atoms with Crippen molar-refractivity contribution in [2.75, 3.05) is 0 Å². The van der Waals surface area contributed by atoms with Gasteiger partial charge in [-0.2, -0.15) is 0 Å². The van der Waals surface area contributed by atoms with Crippen molar-refractivity contribution in [2.45, 2.75) is 19.8 Å². The number of rotatable bonds is 0. The molecule has 0 bridgehead atoms. The molecule has 0 amide bonds. The fraction of sp³-hybridized carbons (Fsp3) is 0.714. The summed E-state index contributed by atoms with van der Waals surface area (Å²) in [5.74, 6) is 0.979. The molecule has 2 atom stereocenters. The fourth-order valence-corrected chi connectivity index (χ4v) is 1.48. The first-order chi connectivity index (χ1) is 3.31. The van der Waals surface area contributed by atoms with Gasteiger partial charge in [0.1, 0.15) is 0 Å². The first kappa shape index (κ1) is 3.71. The van der Waals surface area contributed by atoms with Crippen molar-refractivity contribution in [3.05, 3.63) is 12.2 Å². The Labute approximate surface area is 44.2 Å². The normalized spacial score (nSPS) is 54.7. The lowest BCUT2D eigenvalue weighted by Crippen LogP contribution is -1.86. The van der Waals surface area contributed by atoms with E-state index in [2.05, 4.69) is 19.1 Å². The summed E-state index contributed by atoms with van der Waals surface area (Å²) in [5, 5.41) is 0. The highest BCUT2D eigenvalue weighted by Gasteiger charge is 2.49. The average Bonchev–Trinajstić information content (AvgIpc) is 2.09. The molecule has 1 fully saturated rings. The Kier molecular flexibility index (Phi) is 0.421. The molecule has 0 spiro atoms. The highest BCUT2D eigenvalue weighted by atomic mass is 14.5. The molecule has 2 rings (SSSR count). The van der Waals surface area contributed by atoms with Crippen LogP contribution in [0.2, 0.25) is 0 Å². The minimum Gasteiger partial charge on any atom is -0.0877 e. The summed E-state index contributed by atoms with van der Waals surface area (Å²) in [6, 6.07) is 0. The predicted octanol–water partition coefficient (Wildman–Crippen LogP) is 1.97. The number of hydrogen-bond acceptors (Lipinski definition) is 0. The zero-order chi connectivity index (χ0) is 4.91. The summed E-state index contributed by atoms with van der Waals surface area (Å²) in [5.41, 5.74) is 0.750. The van der Waals surface area contributed by atoms with Crippen LogP contribution in [-0.4, -0.2) is 0 Å². The number of hydrogen-bond donors (Lipinski definition) is 0. The Morgan fingerprint density at radius 1 is 1.71 bits per heavy atom. The second-order valence-electron chi connectivity index (χ2n) is 3.10. The highest BCUT2D eigenvalue weighted by Crippen LogP contribution is 2.59. The first-order valence-corrected chi connectivity index (χ1v) is 2.98. The van der Waals surface area contributed by atoms with Crippen molar-refractivity contribution in [2.24, 2.45) is 11.3 Å². The van der Waals surface area contributed by atoms with Gasteiger partial charge in [-0.25, -0.2) is 0 Å². The van der Waals surface area contributed by atoms with Gasteiger partial charge in [0.2, 0.25) is 0 Å². The third-order valence-electron chi connectivity index (χ3n) is 2.37. The maximum absolute atomic E-state index is 2.37. The van der Waals surface area contributed by atoms with Crippen LogP contribution in [0.25, 0.3) is 0 Å². The van der Waals surface area contributed by atoms with Crippen molar-refractivity contribution < 1.29 is 0 Å². The SMILES string of the molecule is CC12CC=CC1C2. The Morgan fingerprint density at radius 2 is 2.57 bits per heavy atom. The maximum Gasteiger partial charge on any atom is -0.0171 e. The van der Waals surface area contributed by atoms with E-state index in [1.807, 2.05) is 0 Å². The summed E-state index contributed by atoms with van der Waals surface area (Å²) in [7, 11) is 0. The van der Waals surface area contributed by atoms with Crippen LogP contribution < -0.4 is 0 Å². The first-order valence-electron chi connectivity index (χ1n) is 2.98. The van der Waals surface area contributed by atoms with E-state index >= 15 is 0 Å². The predicted molar refractivity (Wildman–Crippen MR) is 30.0 cm³/mol. The molecule has 0 aromatic rings. The molecule has 7 heavy (non-hydrogen) atoms. The van der Waals surface area contributed by atoms with E-state index in [1.54, 1.807) is 0 Å². The zero-order valence-electron chi connectivity index (χ0n) is 4.65. The summed E-state index contributed by atoms with van der Waals surface area (Å²) < 4.78 is 0. The molecule has 0 aliphatic heterocycles. The van der Waals surface area contributed by atoms with Crippen LogP contribution in [0.15, 0.2) is 12.2 Å². The van der Waals surface area contributed by atoms with Crippen LogP contribution in [0, 0.1) is 11.3 Å². The molecule has 0 heteroatoms. The summed E-state index contributed by atoms with van der Waals surface area (Å²) in [4.78, 5) is 0. The molecule has 2 aliphatic rings. The molecule has 2 aliphatic carbocycles. The Hall–Kier alpha value is -0.260. The minimum absolute atomic E-state index is 0.750. The van der Waals surface area contributed by atoms with Crippen LogP contribution in [0.5, 0.6) is 0 Å². The van der Waals surface area contributed by atoms with Gasteiger partial charge in [0.25, 0.3) is 0 Å². The van der Waals surface area contributed by atoms with Crippen molar-refractivity contribution >= 4 is 0 Å². The summed E-state index contributed by atoms with van der Waals surface area (Å²) in [6.45, 7) is 2.37. The molecule has 2 unspecified atom stereocenters. The van der Waals surface area contributed by atoms with Gasteiger partial charge in [-0.1, -0.05) is 19.1 Å². The topological polar surface area (TPSA) is 0 Å². The summed E-state index contributed by atoms with van der Waals surface area (Å²) >= 11 is 0. The summed E-state index contributed by atoms with van der Waals surface area (Å²) in [6.07, 6.45) is 7.48. The van der Waals surface area contributed by atoms with Gasteiger partial charge in [-0.15, -0.1) is 0 Å². The Morgan fingerprint density at radius 3 is 2.71 bits per heavy atom. The third kappa shape index (κ3) is 0.324. The fourth-order valence-electron chi connectivity index (χ4n) is 1.48. The lowest BCUT2D eigenvalue weighted by Gasteiger charge is -1.96.